The largest absolute Gasteiger partial charge is 0.573 e. The van der Waals surface area contributed by atoms with Crippen molar-refractivity contribution in [3.05, 3.63) is 78.6 Å². The van der Waals surface area contributed by atoms with E-state index in [1.54, 1.807) is 30.6 Å². The molecule has 1 aliphatic rings. The topological polar surface area (TPSA) is 63.7 Å². The number of anilines is 1. The highest BCUT2D eigenvalue weighted by Gasteiger charge is 2.31. The van der Waals surface area contributed by atoms with Gasteiger partial charge in [-0.25, -0.2) is 4.79 Å². The zero-order chi connectivity index (χ0) is 24.0. The maximum absolute atomic E-state index is 12.6. The third-order valence-electron chi connectivity index (χ3n) is 5.43. The predicted molar refractivity (Wildman–Crippen MR) is 121 cm³/mol. The second-order valence-corrected chi connectivity index (χ2v) is 8.10. The summed E-state index contributed by atoms with van der Waals surface area (Å²) in [6.45, 7) is 1.36. The van der Waals surface area contributed by atoms with Crippen molar-refractivity contribution in [2.75, 3.05) is 18.4 Å². The van der Waals surface area contributed by atoms with E-state index in [4.69, 9.17) is 4.74 Å². The Labute approximate surface area is 195 Å². The molecule has 1 N–H and O–H groups in total. The number of pyridine rings is 1. The van der Waals surface area contributed by atoms with E-state index in [0.29, 0.717) is 36.2 Å². The van der Waals surface area contributed by atoms with Crippen molar-refractivity contribution in [2.24, 2.45) is 5.92 Å². The Morgan fingerprint density at radius 2 is 1.85 bits per heavy atom. The number of amides is 2. The number of urea groups is 1. The third kappa shape index (κ3) is 6.87. The molecule has 0 aliphatic carbocycles. The standard InChI is InChI=1S/C25H24F3N3O3/c26-25(27,28)34-22-10-8-21(9-11-22)33-23-7-1-4-18(15-23)14-19-5-3-13-31(17-19)24(32)30-20-6-2-12-29-16-20/h1-2,4,6-12,15-16,19H,3,5,13-14,17H2,(H,30,32). The lowest BCUT2D eigenvalue weighted by atomic mass is 9.91. The number of hydrogen-bond donors (Lipinski definition) is 1. The molecule has 2 heterocycles. The Bertz CT molecular complexity index is 1090. The zero-order valence-electron chi connectivity index (χ0n) is 18.3. The van der Waals surface area contributed by atoms with E-state index < -0.39 is 6.36 Å². The van der Waals surface area contributed by atoms with Crippen molar-refractivity contribution < 1.29 is 27.4 Å². The summed E-state index contributed by atoms with van der Waals surface area (Å²) in [5, 5.41) is 2.88. The second kappa shape index (κ2) is 10.5. The Morgan fingerprint density at radius 3 is 2.59 bits per heavy atom. The molecule has 2 aromatic carbocycles. The normalized spacial score (nSPS) is 16.1. The van der Waals surface area contributed by atoms with Gasteiger partial charge in [-0.15, -0.1) is 13.2 Å². The highest BCUT2D eigenvalue weighted by atomic mass is 19.4. The number of benzene rings is 2. The number of carbonyl (C=O) groups excluding carboxylic acids is 1. The van der Waals surface area contributed by atoms with Gasteiger partial charge in [-0.1, -0.05) is 12.1 Å². The first-order valence-corrected chi connectivity index (χ1v) is 10.9. The van der Waals surface area contributed by atoms with E-state index in [9.17, 15) is 18.0 Å². The summed E-state index contributed by atoms with van der Waals surface area (Å²) < 4.78 is 46.6. The van der Waals surface area contributed by atoms with E-state index in [-0.39, 0.29) is 11.8 Å². The van der Waals surface area contributed by atoms with Crippen LogP contribution in [0.4, 0.5) is 23.7 Å². The molecule has 0 radical (unpaired) electrons. The van der Waals surface area contributed by atoms with Crippen molar-refractivity contribution in [3.8, 4) is 17.2 Å². The van der Waals surface area contributed by atoms with Crippen LogP contribution in [0.1, 0.15) is 18.4 Å². The number of aromatic nitrogens is 1. The van der Waals surface area contributed by atoms with Crippen molar-refractivity contribution in [3.63, 3.8) is 0 Å². The molecule has 4 rings (SSSR count). The molecule has 0 spiro atoms. The minimum absolute atomic E-state index is 0.132. The van der Waals surface area contributed by atoms with Crippen LogP contribution in [0, 0.1) is 5.92 Å². The van der Waals surface area contributed by atoms with Crippen LogP contribution in [0.25, 0.3) is 0 Å². The molecule has 0 bridgehead atoms. The SMILES string of the molecule is O=C(Nc1cccnc1)N1CCCC(Cc2cccc(Oc3ccc(OC(F)(F)F)cc3)c2)C1. The first kappa shape index (κ1) is 23.4. The molecule has 178 valence electrons. The molecule has 0 saturated carbocycles. The van der Waals surface area contributed by atoms with E-state index in [2.05, 4.69) is 15.0 Å². The summed E-state index contributed by atoms with van der Waals surface area (Å²) >= 11 is 0. The van der Waals surface area contributed by atoms with Gasteiger partial charge in [-0.2, -0.15) is 0 Å². The molecule has 1 aromatic heterocycles. The highest BCUT2D eigenvalue weighted by Crippen LogP contribution is 2.29. The number of ether oxygens (including phenoxy) is 2. The maximum atomic E-state index is 12.6. The molecule has 1 aliphatic heterocycles. The van der Waals surface area contributed by atoms with Crippen molar-refractivity contribution >= 4 is 11.7 Å². The number of hydrogen-bond acceptors (Lipinski definition) is 4. The Balaban J connectivity index is 1.33. The second-order valence-electron chi connectivity index (χ2n) is 8.10. The lowest BCUT2D eigenvalue weighted by molar-refractivity contribution is -0.274. The average Bonchev–Trinajstić information content (AvgIpc) is 2.80. The number of nitrogens with one attached hydrogen (secondary N) is 1. The summed E-state index contributed by atoms with van der Waals surface area (Å²) in [4.78, 5) is 18.5. The van der Waals surface area contributed by atoms with Gasteiger partial charge in [0, 0.05) is 19.3 Å². The van der Waals surface area contributed by atoms with E-state index in [1.807, 2.05) is 23.1 Å². The van der Waals surface area contributed by atoms with E-state index >= 15 is 0 Å². The van der Waals surface area contributed by atoms with Gasteiger partial charge in [0.2, 0.25) is 0 Å². The number of alkyl halides is 3. The van der Waals surface area contributed by atoms with Crippen LogP contribution >= 0.6 is 0 Å². The monoisotopic (exact) mass is 471 g/mol. The van der Waals surface area contributed by atoms with Crippen LogP contribution in [0.3, 0.4) is 0 Å². The van der Waals surface area contributed by atoms with Gasteiger partial charge in [0.1, 0.15) is 17.2 Å². The first-order chi connectivity index (χ1) is 16.3. The summed E-state index contributed by atoms with van der Waals surface area (Å²) in [6, 6.07) is 16.3. The Morgan fingerprint density at radius 1 is 1.06 bits per heavy atom. The Kier molecular flexibility index (Phi) is 7.20. The summed E-state index contributed by atoms with van der Waals surface area (Å²) in [6.07, 6.45) is 1.26. The molecule has 9 heteroatoms. The molecule has 6 nitrogen and oxygen atoms in total. The predicted octanol–water partition coefficient (Wildman–Crippen LogP) is 6.26. The number of piperidine rings is 1. The van der Waals surface area contributed by atoms with Gasteiger partial charge in [0.05, 0.1) is 11.9 Å². The van der Waals surface area contributed by atoms with E-state index in [0.717, 1.165) is 24.8 Å². The number of nitrogens with zero attached hydrogens (tertiary/aromatic N) is 2. The van der Waals surface area contributed by atoms with Gasteiger partial charge >= 0.3 is 12.4 Å². The van der Waals surface area contributed by atoms with Gasteiger partial charge in [-0.3, -0.25) is 4.98 Å². The lowest BCUT2D eigenvalue weighted by Crippen LogP contribution is -2.42. The van der Waals surface area contributed by atoms with Gasteiger partial charge in [-0.05, 0) is 79.3 Å². The summed E-state index contributed by atoms with van der Waals surface area (Å²) in [5.41, 5.74) is 1.73. The number of rotatable bonds is 6. The van der Waals surface area contributed by atoms with Crippen LogP contribution in [0.15, 0.2) is 73.1 Å². The summed E-state index contributed by atoms with van der Waals surface area (Å²) in [5.74, 6) is 0.997. The smallest absolute Gasteiger partial charge is 0.457 e. The highest BCUT2D eigenvalue weighted by molar-refractivity contribution is 5.89. The number of carbonyl (C=O) groups is 1. The fourth-order valence-electron chi connectivity index (χ4n) is 3.97. The molecule has 2 amide bonds. The number of likely N-dealkylation sites (tertiary alicyclic amines) is 1. The summed E-state index contributed by atoms with van der Waals surface area (Å²) in [7, 11) is 0. The van der Waals surface area contributed by atoms with Crippen molar-refractivity contribution in [1.29, 1.82) is 0 Å². The van der Waals surface area contributed by atoms with Gasteiger partial charge < -0.3 is 19.7 Å². The fourth-order valence-corrected chi connectivity index (χ4v) is 3.97. The molecule has 1 atom stereocenters. The first-order valence-electron chi connectivity index (χ1n) is 10.9. The quantitative estimate of drug-likeness (QED) is 0.461. The minimum atomic E-state index is -4.73. The van der Waals surface area contributed by atoms with Gasteiger partial charge in [0.15, 0.2) is 0 Å². The van der Waals surface area contributed by atoms with Crippen molar-refractivity contribution in [2.45, 2.75) is 25.6 Å². The van der Waals surface area contributed by atoms with Gasteiger partial charge in [0.25, 0.3) is 0 Å². The van der Waals surface area contributed by atoms with Crippen LogP contribution < -0.4 is 14.8 Å². The Hall–Kier alpha value is -3.75. The molecule has 1 fully saturated rings. The maximum Gasteiger partial charge on any atom is 0.573 e. The fraction of sp³-hybridized carbons (Fsp3) is 0.280. The van der Waals surface area contributed by atoms with Crippen LogP contribution in [0.2, 0.25) is 0 Å². The average molecular weight is 471 g/mol. The van der Waals surface area contributed by atoms with Crippen LogP contribution in [0.5, 0.6) is 17.2 Å². The van der Waals surface area contributed by atoms with Crippen LogP contribution in [-0.2, 0) is 6.42 Å². The molecular weight excluding hydrogens is 447 g/mol. The molecular formula is C25H24F3N3O3. The zero-order valence-corrected chi connectivity index (χ0v) is 18.3. The van der Waals surface area contributed by atoms with E-state index in [1.165, 1.54) is 24.3 Å². The molecule has 34 heavy (non-hydrogen) atoms. The van der Waals surface area contributed by atoms with Crippen molar-refractivity contribution in [1.82, 2.24) is 9.88 Å². The molecule has 1 unspecified atom stereocenters. The molecule has 1 saturated heterocycles. The molecule has 3 aromatic rings. The van der Waals surface area contributed by atoms with Crippen LogP contribution in [-0.4, -0.2) is 35.4 Å². The lowest BCUT2D eigenvalue weighted by Gasteiger charge is -2.33. The third-order valence-corrected chi connectivity index (χ3v) is 5.43. The minimum Gasteiger partial charge on any atom is -0.457 e. The number of halogens is 3.